The standard InChI is InChI=1S/C17H19NO3/c1-19-15-8-7-13(16(20-2)17(15)21-3)11-5-4-6-14-12(11)9-10-18-14/h4-8,18H,9-10H2,1-3H3. The molecule has 0 saturated carbocycles. The number of anilines is 1. The number of hydrogen-bond donors (Lipinski definition) is 1. The van der Waals surface area contributed by atoms with Crippen molar-refractivity contribution in [3.8, 4) is 28.4 Å². The number of benzene rings is 2. The molecule has 4 nitrogen and oxygen atoms in total. The first-order valence-corrected chi connectivity index (χ1v) is 6.95. The van der Waals surface area contributed by atoms with Crippen molar-refractivity contribution in [3.05, 3.63) is 35.9 Å². The molecule has 0 saturated heterocycles. The zero-order chi connectivity index (χ0) is 14.8. The number of methoxy groups -OCH3 is 3. The van der Waals surface area contributed by atoms with E-state index in [0.29, 0.717) is 17.2 Å². The third kappa shape index (κ3) is 2.17. The van der Waals surface area contributed by atoms with Gasteiger partial charge in [0.2, 0.25) is 5.75 Å². The molecule has 3 rings (SSSR count). The molecule has 0 unspecified atom stereocenters. The molecule has 0 bridgehead atoms. The molecule has 0 fully saturated rings. The van der Waals surface area contributed by atoms with E-state index in [0.717, 1.165) is 18.5 Å². The molecule has 0 atom stereocenters. The predicted octanol–water partition coefficient (Wildman–Crippen LogP) is 3.35. The molecular weight excluding hydrogens is 266 g/mol. The molecule has 2 aromatic rings. The summed E-state index contributed by atoms with van der Waals surface area (Å²) in [7, 11) is 4.91. The van der Waals surface area contributed by atoms with Crippen LogP contribution >= 0.6 is 0 Å². The lowest BCUT2D eigenvalue weighted by molar-refractivity contribution is 0.325. The second-order valence-electron chi connectivity index (χ2n) is 4.89. The van der Waals surface area contributed by atoms with Crippen molar-refractivity contribution in [2.24, 2.45) is 0 Å². The Labute approximate surface area is 124 Å². The summed E-state index contributed by atoms with van der Waals surface area (Å²) in [6.45, 7) is 0.974. The zero-order valence-electron chi connectivity index (χ0n) is 12.5. The van der Waals surface area contributed by atoms with Crippen molar-refractivity contribution in [2.45, 2.75) is 6.42 Å². The highest BCUT2D eigenvalue weighted by atomic mass is 16.5. The van der Waals surface area contributed by atoms with Gasteiger partial charge in [-0.2, -0.15) is 0 Å². The van der Waals surface area contributed by atoms with Gasteiger partial charge in [-0.15, -0.1) is 0 Å². The second-order valence-corrected chi connectivity index (χ2v) is 4.89. The molecule has 1 aliphatic heterocycles. The summed E-state index contributed by atoms with van der Waals surface area (Å²) in [5.74, 6) is 2.00. The highest BCUT2D eigenvalue weighted by Crippen LogP contribution is 2.46. The number of fused-ring (bicyclic) bond motifs is 1. The minimum absolute atomic E-state index is 0.626. The van der Waals surface area contributed by atoms with Crippen molar-refractivity contribution in [1.82, 2.24) is 0 Å². The first kappa shape index (κ1) is 13.6. The average molecular weight is 285 g/mol. The van der Waals surface area contributed by atoms with Crippen molar-refractivity contribution >= 4 is 5.69 Å². The van der Waals surface area contributed by atoms with Crippen LogP contribution in [0.1, 0.15) is 5.56 Å². The summed E-state index contributed by atoms with van der Waals surface area (Å²) >= 11 is 0. The van der Waals surface area contributed by atoms with Crippen molar-refractivity contribution in [1.29, 1.82) is 0 Å². The molecule has 0 amide bonds. The third-order valence-corrected chi connectivity index (χ3v) is 3.86. The van der Waals surface area contributed by atoms with Gasteiger partial charge in [0.1, 0.15) is 0 Å². The Bertz CT molecular complexity index is 667. The molecule has 0 aromatic heterocycles. The number of rotatable bonds is 4. The normalized spacial score (nSPS) is 12.5. The van der Waals surface area contributed by atoms with E-state index in [1.54, 1.807) is 21.3 Å². The first-order valence-electron chi connectivity index (χ1n) is 6.95. The van der Waals surface area contributed by atoms with Gasteiger partial charge in [0.25, 0.3) is 0 Å². The Hall–Kier alpha value is -2.36. The van der Waals surface area contributed by atoms with Crippen LogP contribution in [-0.4, -0.2) is 27.9 Å². The van der Waals surface area contributed by atoms with E-state index in [2.05, 4.69) is 23.5 Å². The van der Waals surface area contributed by atoms with Gasteiger partial charge in [0.15, 0.2) is 11.5 Å². The average Bonchev–Trinajstić information content (AvgIpc) is 3.01. The maximum Gasteiger partial charge on any atom is 0.203 e. The maximum absolute atomic E-state index is 5.60. The van der Waals surface area contributed by atoms with Crippen LogP contribution in [0.3, 0.4) is 0 Å². The van der Waals surface area contributed by atoms with E-state index in [4.69, 9.17) is 14.2 Å². The lowest BCUT2D eigenvalue weighted by atomic mass is 9.96. The second kappa shape index (κ2) is 5.56. The van der Waals surface area contributed by atoms with E-state index in [1.807, 2.05) is 12.1 Å². The van der Waals surface area contributed by atoms with Crippen LogP contribution in [0.4, 0.5) is 5.69 Å². The van der Waals surface area contributed by atoms with Gasteiger partial charge in [-0.05, 0) is 35.7 Å². The van der Waals surface area contributed by atoms with Crippen LogP contribution < -0.4 is 19.5 Å². The van der Waals surface area contributed by atoms with E-state index in [1.165, 1.54) is 16.8 Å². The molecule has 110 valence electrons. The molecule has 0 radical (unpaired) electrons. The molecular formula is C17H19NO3. The van der Waals surface area contributed by atoms with Crippen LogP contribution in [0.5, 0.6) is 17.2 Å². The van der Waals surface area contributed by atoms with Crippen LogP contribution in [0, 0.1) is 0 Å². The monoisotopic (exact) mass is 285 g/mol. The van der Waals surface area contributed by atoms with Crippen molar-refractivity contribution in [3.63, 3.8) is 0 Å². The smallest absolute Gasteiger partial charge is 0.203 e. The molecule has 21 heavy (non-hydrogen) atoms. The topological polar surface area (TPSA) is 39.7 Å². The van der Waals surface area contributed by atoms with E-state index < -0.39 is 0 Å². The molecule has 1 heterocycles. The fraction of sp³-hybridized carbons (Fsp3) is 0.294. The largest absolute Gasteiger partial charge is 0.493 e. The van der Waals surface area contributed by atoms with Gasteiger partial charge in [0.05, 0.1) is 21.3 Å². The maximum atomic E-state index is 5.60. The third-order valence-electron chi connectivity index (χ3n) is 3.86. The van der Waals surface area contributed by atoms with Gasteiger partial charge < -0.3 is 19.5 Å². The van der Waals surface area contributed by atoms with Crippen LogP contribution in [0.25, 0.3) is 11.1 Å². The molecule has 2 aromatic carbocycles. The van der Waals surface area contributed by atoms with Gasteiger partial charge in [-0.1, -0.05) is 12.1 Å². The van der Waals surface area contributed by atoms with Gasteiger partial charge >= 0.3 is 0 Å². The van der Waals surface area contributed by atoms with Crippen molar-refractivity contribution in [2.75, 3.05) is 33.2 Å². The zero-order valence-corrected chi connectivity index (χ0v) is 12.5. The Morgan fingerprint density at radius 3 is 2.38 bits per heavy atom. The highest BCUT2D eigenvalue weighted by Gasteiger charge is 2.21. The Morgan fingerprint density at radius 2 is 1.67 bits per heavy atom. The van der Waals surface area contributed by atoms with Gasteiger partial charge in [-0.25, -0.2) is 0 Å². The predicted molar refractivity (Wildman–Crippen MR) is 83.7 cm³/mol. The molecule has 0 spiro atoms. The highest BCUT2D eigenvalue weighted by molar-refractivity contribution is 5.82. The lowest BCUT2D eigenvalue weighted by Crippen LogP contribution is -1.98. The minimum Gasteiger partial charge on any atom is -0.493 e. The molecule has 1 aliphatic rings. The van der Waals surface area contributed by atoms with E-state index >= 15 is 0 Å². The number of nitrogens with one attached hydrogen (secondary N) is 1. The first-order chi connectivity index (χ1) is 10.3. The fourth-order valence-corrected chi connectivity index (χ4v) is 2.91. The summed E-state index contributed by atoms with van der Waals surface area (Å²) in [6, 6.07) is 10.2. The van der Waals surface area contributed by atoms with Gasteiger partial charge in [0, 0.05) is 17.8 Å². The van der Waals surface area contributed by atoms with Crippen LogP contribution in [0.2, 0.25) is 0 Å². The summed E-state index contributed by atoms with van der Waals surface area (Å²) in [5, 5.41) is 3.40. The van der Waals surface area contributed by atoms with Gasteiger partial charge in [-0.3, -0.25) is 0 Å². The molecule has 0 aliphatic carbocycles. The Morgan fingerprint density at radius 1 is 0.857 bits per heavy atom. The summed E-state index contributed by atoms with van der Waals surface area (Å²) in [4.78, 5) is 0. The number of hydrogen-bond acceptors (Lipinski definition) is 4. The molecule has 1 N–H and O–H groups in total. The summed E-state index contributed by atoms with van der Waals surface area (Å²) < 4.78 is 16.4. The quantitative estimate of drug-likeness (QED) is 0.935. The van der Waals surface area contributed by atoms with Crippen molar-refractivity contribution < 1.29 is 14.2 Å². The summed E-state index contributed by atoms with van der Waals surface area (Å²) in [6.07, 6.45) is 1.02. The van der Waals surface area contributed by atoms with E-state index in [-0.39, 0.29) is 0 Å². The van der Waals surface area contributed by atoms with Crippen LogP contribution in [0.15, 0.2) is 30.3 Å². The minimum atomic E-state index is 0.626. The number of ether oxygens (including phenoxy) is 3. The van der Waals surface area contributed by atoms with Crippen LogP contribution in [-0.2, 0) is 6.42 Å². The lowest BCUT2D eigenvalue weighted by Gasteiger charge is -2.17. The molecule has 4 heteroatoms. The Balaban J connectivity index is 2.22. The fourth-order valence-electron chi connectivity index (χ4n) is 2.91. The SMILES string of the molecule is COc1ccc(-c2cccc3c2CCN3)c(OC)c1OC. The summed E-state index contributed by atoms with van der Waals surface area (Å²) in [5.41, 5.74) is 4.72. The Kier molecular flexibility index (Phi) is 3.60. The van der Waals surface area contributed by atoms with E-state index in [9.17, 15) is 0 Å².